The van der Waals surface area contributed by atoms with Crippen molar-refractivity contribution >= 4 is 11.6 Å². The molecule has 21 heavy (non-hydrogen) atoms. The zero-order valence-electron chi connectivity index (χ0n) is 13.0. The molecule has 1 aromatic carbocycles. The van der Waals surface area contributed by atoms with Crippen LogP contribution in [0.15, 0.2) is 30.6 Å². The molecule has 1 heterocycles. The first-order valence-corrected chi connectivity index (χ1v) is 7.06. The van der Waals surface area contributed by atoms with Crippen LogP contribution in [-0.2, 0) is 11.3 Å². The normalized spacial score (nSPS) is 12.0. The predicted molar refractivity (Wildman–Crippen MR) is 84.2 cm³/mol. The maximum absolute atomic E-state index is 11.3. The van der Waals surface area contributed by atoms with Crippen LogP contribution >= 0.6 is 0 Å². The van der Waals surface area contributed by atoms with Gasteiger partial charge in [-0.3, -0.25) is 9.48 Å². The van der Waals surface area contributed by atoms with Crippen molar-refractivity contribution in [2.45, 2.75) is 33.4 Å². The van der Waals surface area contributed by atoms with Crippen molar-refractivity contribution in [2.75, 3.05) is 12.4 Å². The van der Waals surface area contributed by atoms with E-state index in [0.29, 0.717) is 0 Å². The highest BCUT2D eigenvalue weighted by molar-refractivity contribution is 5.75. The molecule has 1 atom stereocenters. The van der Waals surface area contributed by atoms with Crippen molar-refractivity contribution in [1.29, 1.82) is 0 Å². The summed E-state index contributed by atoms with van der Waals surface area (Å²) in [5.74, 6) is -0.0628. The molecule has 5 heteroatoms. The Balaban J connectivity index is 2.07. The molecular formula is C16H22N4O. The standard InChI is InChI=1S/C16H22N4O/c1-11-5-6-12(2)15(7-11)13(3)19-14-8-18-20(9-14)10-16(21)17-4/h5-9,13,19H,10H2,1-4H3,(H,17,21). The number of nitrogens with zero attached hydrogens (tertiary/aromatic N) is 2. The number of carbonyl (C=O) groups excluding carboxylic acids is 1. The summed E-state index contributed by atoms with van der Waals surface area (Å²) in [6.07, 6.45) is 3.58. The molecular weight excluding hydrogens is 264 g/mol. The molecule has 1 unspecified atom stereocenters. The van der Waals surface area contributed by atoms with Gasteiger partial charge in [-0.1, -0.05) is 23.8 Å². The van der Waals surface area contributed by atoms with Gasteiger partial charge in [0.2, 0.25) is 5.91 Å². The van der Waals surface area contributed by atoms with Gasteiger partial charge in [0.05, 0.1) is 11.9 Å². The molecule has 0 saturated heterocycles. The fourth-order valence-electron chi connectivity index (χ4n) is 2.30. The van der Waals surface area contributed by atoms with Crippen LogP contribution in [0.5, 0.6) is 0 Å². The maximum atomic E-state index is 11.3. The summed E-state index contributed by atoms with van der Waals surface area (Å²) >= 11 is 0. The van der Waals surface area contributed by atoms with E-state index in [1.807, 2.05) is 6.20 Å². The third-order valence-electron chi connectivity index (χ3n) is 3.50. The molecule has 5 nitrogen and oxygen atoms in total. The molecule has 1 amide bonds. The molecule has 0 fully saturated rings. The summed E-state index contributed by atoms with van der Waals surface area (Å²) in [7, 11) is 1.62. The number of hydrogen-bond donors (Lipinski definition) is 2. The number of aromatic nitrogens is 2. The zero-order valence-corrected chi connectivity index (χ0v) is 13.0. The molecule has 2 rings (SSSR count). The molecule has 112 valence electrons. The third kappa shape index (κ3) is 3.84. The molecule has 2 aromatic rings. The van der Waals surface area contributed by atoms with E-state index in [1.54, 1.807) is 17.9 Å². The Morgan fingerprint density at radius 2 is 2.14 bits per heavy atom. The number of aryl methyl sites for hydroxylation is 2. The van der Waals surface area contributed by atoms with Crippen LogP contribution in [-0.4, -0.2) is 22.7 Å². The molecule has 0 saturated carbocycles. The lowest BCUT2D eigenvalue weighted by molar-refractivity contribution is -0.121. The lowest BCUT2D eigenvalue weighted by Crippen LogP contribution is -2.23. The Morgan fingerprint density at radius 3 is 2.86 bits per heavy atom. The minimum atomic E-state index is -0.0628. The van der Waals surface area contributed by atoms with Crippen LogP contribution in [0, 0.1) is 13.8 Å². The van der Waals surface area contributed by atoms with Gasteiger partial charge in [-0.15, -0.1) is 0 Å². The Morgan fingerprint density at radius 1 is 1.38 bits per heavy atom. The largest absolute Gasteiger partial charge is 0.376 e. The average Bonchev–Trinajstić information content (AvgIpc) is 2.88. The lowest BCUT2D eigenvalue weighted by atomic mass is 10.00. The Labute approximate surface area is 125 Å². The van der Waals surface area contributed by atoms with E-state index in [2.05, 4.69) is 54.7 Å². The van der Waals surface area contributed by atoms with E-state index >= 15 is 0 Å². The highest BCUT2D eigenvalue weighted by atomic mass is 16.1. The summed E-state index contributed by atoms with van der Waals surface area (Å²) < 4.78 is 1.62. The Hall–Kier alpha value is -2.30. The molecule has 0 aliphatic heterocycles. The van der Waals surface area contributed by atoms with E-state index in [1.165, 1.54) is 16.7 Å². The van der Waals surface area contributed by atoms with Crippen molar-refractivity contribution < 1.29 is 4.79 Å². The van der Waals surface area contributed by atoms with Crippen molar-refractivity contribution in [2.24, 2.45) is 0 Å². The third-order valence-corrected chi connectivity index (χ3v) is 3.50. The second-order valence-corrected chi connectivity index (χ2v) is 5.33. The molecule has 0 aliphatic carbocycles. The first-order chi connectivity index (χ1) is 9.99. The fourth-order valence-corrected chi connectivity index (χ4v) is 2.30. The van der Waals surface area contributed by atoms with E-state index in [0.717, 1.165) is 5.69 Å². The van der Waals surface area contributed by atoms with Crippen molar-refractivity contribution in [1.82, 2.24) is 15.1 Å². The van der Waals surface area contributed by atoms with Crippen LogP contribution in [0.1, 0.15) is 29.7 Å². The van der Waals surface area contributed by atoms with Gasteiger partial charge in [-0.05, 0) is 31.9 Å². The monoisotopic (exact) mass is 286 g/mol. The molecule has 1 aromatic heterocycles. The van der Waals surface area contributed by atoms with Gasteiger partial charge >= 0.3 is 0 Å². The quantitative estimate of drug-likeness (QED) is 0.887. The minimum Gasteiger partial charge on any atom is -0.376 e. The highest BCUT2D eigenvalue weighted by Gasteiger charge is 2.10. The maximum Gasteiger partial charge on any atom is 0.241 e. The number of rotatable bonds is 5. The van der Waals surface area contributed by atoms with Gasteiger partial charge in [0.25, 0.3) is 0 Å². The van der Waals surface area contributed by atoms with E-state index in [4.69, 9.17) is 0 Å². The Bertz CT molecular complexity index is 633. The molecule has 0 radical (unpaired) electrons. The van der Waals surface area contributed by atoms with Gasteiger partial charge in [0.1, 0.15) is 6.54 Å². The van der Waals surface area contributed by atoms with Gasteiger partial charge in [0.15, 0.2) is 0 Å². The number of hydrogen-bond acceptors (Lipinski definition) is 3. The van der Waals surface area contributed by atoms with Crippen LogP contribution in [0.2, 0.25) is 0 Å². The molecule has 0 bridgehead atoms. The predicted octanol–water partition coefficient (Wildman–Crippen LogP) is 2.42. The van der Waals surface area contributed by atoms with Crippen LogP contribution in [0.4, 0.5) is 5.69 Å². The minimum absolute atomic E-state index is 0.0628. The molecule has 0 aliphatic rings. The average molecular weight is 286 g/mol. The number of benzene rings is 1. The van der Waals surface area contributed by atoms with E-state index in [-0.39, 0.29) is 18.5 Å². The molecule has 0 spiro atoms. The van der Waals surface area contributed by atoms with E-state index in [9.17, 15) is 4.79 Å². The van der Waals surface area contributed by atoms with Crippen molar-refractivity contribution in [3.05, 3.63) is 47.3 Å². The highest BCUT2D eigenvalue weighted by Crippen LogP contribution is 2.22. The summed E-state index contributed by atoms with van der Waals surface area (Å²) in [6.45, 7) is 6.56. The summed E-state index contributed by atoms with van der Waals surface area (Å²) in [5.41, 5.74) is 4.69. The second kappa shape index (κ2) is 6.43. The lowest BCUT2D eigenvalue weighted by Gasteiger charge is -2.17. The number of amides is 1. The topological polar surface area (TPSA) is 59.0 Å². The van der Waals surface area contributed by atoms with Crippen molar-refractivity contribution in [3.63, 3.8) is 0 Å². The fraction of sp³-hybridized carbons (Fsp3) is 0.375. The van der Waals surface area contributed by atoms with Crippen molar-refractivity contribution in [3.8, 4) is 0 Å². The SMILES string of the molecule is CNC(=O)Cn1cc(NC(C)c2cc(C)ccc2C)cn1. The first kappa shape index (κ1) is 15.1. The second-order valence-electron chi connectivity index (χ2n) is 5.33. The van der Waals surface area contributed by atoms with Gasteiger partial charge in [-0.25, -0.2) is 0 Å². The zero-order chi connectivity index (χ0) is 15.4. The molecule has 2 N–H and O–H groups in total. The number of likely N-dealkylation sites (N-methyl/N-ethyl adjacent to an activating group) is 1. The van der Waals surface area contributed by atoms with Gasteiger partial charge < -0.3 is 10.6 Å². The van der Waals surface area contributed by atoms with Gasteiger partial charge in [-0.2, -0.15) is 5.10 Å². The first-order valence-electron chi connectivity index (χ1n) is 7.06. The smallest absolute Gasteiger partial charge is 0.241 e. The van der Waals surface area contributed by atoms with Crippen LogP contribution in [0.3, 0.4) is 0 Å². The summed E-state index contributed by atoms with van der Waals surface area (Å²) in [4.78, 5) is 11.3. The number of carbonyl (C=O) groups is 1. The van der Waals surface area contributed by atoms with Gasteiger partial charge in [0, 0.05) is 19.3 Å². The van der Waals surface area contributed by atoms with Crippen LogP contribution < -0.4 is 10.6 Å². The number of nitrogens with one attached hydrogen (secondary N) is 2. The van der Waals surface area contributed by atoms with E-state index < -0.39 is 0 Å². The Kier molecular flexibility index (Phi) is 4.62. The number of anilines is 1. The van der Waals surface area contributed by atoms with Crippen LogP contribution in [0.25, 0.3) is 0 Å². The summed E-state index contributed by atoms with van der Waals surface area (Å²) in [6, 6.07) is 6.63. The summed E-state index contributed by atoms with van der Waals surface area (Å²) in [5, 5.41) is 10.2.